The van der Waals surface area contributed by atoms with Crippen molar-refractivity contribution < 1.29 is 4.74 Å². The Labute approximate surface area is 134 Å². The van der Waals surface area contributed by atoms with Crippen LogP contribution in [-0.2, 0) is 6.42 Å². The number of aryl methyl sites for hydroxylation is 1. The first kappa shape index (κ1) is 14.5. The summed E-state index contributed by atoms with van der Waals surface area (Å²) in [5, 5.41) is 3.68. The lowest BCUT2D eigenvalue weighted by Gasteiger charge is -2.21. The predicted molar refractivity (Wildman–Crippen MR) is 91.1 cm³/mol. The fraction of sp³-hybridized carbons (Fsp3) is 0.333. The standard InChI is InChI=1S/C18H20BrNO/c1-21-16-11-14(19)10-15(12-16)20-18-9-5-3-7-13-6-2-4-8-17(13)18/h2,4,6,8,10-12,18,20H,3,5,7,9H2,1H3. The van der Waals surface area contributed by atoms with Gasteiger partial charge in [0, 0.05) is 16.2 Å². The highest BCUT2D eigenvalue weighted by atomic mass is 79.9. The van der Waals surface area contributed by atoms with Crippen molar-refractivity contribution in [3.05, 3.63) is 58.1 Å². The molecule has 1 aliphatic rings. The number of hydrogen-bond acceptors (Lipinski definition) is 2. The molecule has 1 unspecified atom stereocenters. The van der Waals surface area contributed by atoms with Crippen molar-refractivity contribution in [2.75, 3.05) is 12.4 Å². The highest BCUT2D eigenvalue weighted by Gasteiger charge is 2.18. The maximum Gasteiger partial charge on any atom is 0.122 e. The van der Waals surface area contributed by atoms with Crippen LogP contribution in [-0.4, -0.2) is 7.11 Å². The molecule has 1 aliphatic carbocycles. The molecular weight excluding hydrogens is 326 g/mol. The fourth-order valence-electron chi connectivity index (χ4n) is 3.04. The van der Waals surface area contributed by atoms with Crippen LogP contribution in [0.2, 0.25) is 0 Å². The molecule has 2 aromatic rings. The lowest BCUT2D eigenvalue weighted by atomic mass is 9.99. The SMILES string of the molecule is COc1cc(Br)cc(NC2CCCCc3ccccc32)c1. The molecule has 0 aromatic heterocycles. The van der Waals surface area contributed by atoms with E-state index in [2.05, 4.69) is 57.6 Å². The van der Waals surface area contributed by atoms with E-state index in [9.17, 15) is 0 Å². The highest BCUT2D eigenvalue weighted by molar-refractivity contribution is 9.10. The fourth-order valence-corrected chi connectivity index (χ4v) is 3.51. The van der Waals surface area contributed by atoms with E-state index in [0.29, 0.717) is 6.04 Å². The molecule has 0 bridgehead atoms. The van der Waals surface area contributed by atoms with Crippen LogP contribution in [0.4, 0.5) is 5.69 Å². The Kier molecular flexibility index (Phi) is 4.49. The lowest BCUT2D eigenvalue weighted by Crippen LogP contribution is -2.11. The maximum atomic E-state index is 5.35. The molecule has 3 heteroatoms. The second-order valence-corrected chi connectivity index (χ2v) is 6.44. The molecule has 1 N–H and O–H groups in total. The summed E-state index contributed by atoms with van der Waals surface area (Å²) in [6.45, 7) is 0. The Morgan fingerprint density at radius 2 is 2.00 bits per heavy atom. The number of benzene rings is 2. The van der Waals surface area contributed by atoms with Crippen LogP contribution >= 0.6 is 15.9 Å². The first-order valence-corrected chi connectivity index (χ1v) is 8.24. The summed E-state index contributed by atoms with van der Waals surface area (Å²) in [6, 6.07) is 15.3. The average molecular weight is 346 g/mol. The summed E-state index contributed by atoms with van der Waals surface area (Å²) in [4.78, 5) is 0. The molecule has 0 heterocycles. The molecule has 3 rings (SSSR count). The molecule has 0 saturated carbocycles. The van der Waals surface area contributed by atoms with Gasteiger partial charge >= 0.3 is 0 Å². The number of hydrogen-bond donors (Lipinski definition) is 1. The van der Waals surface area contributed by atoms with Crippen molar-refractivity contribution in [1.29, 1.82) is 0 Å². The van der Waals surface area contributed by atoms with E-state index in [-0.39, 0.29) is 0 Å². The van der Waals surface area contributed by atoms with Crippen LogP contribution < -0.4 is 10.1 Å². The van der Waals surface area contributed by atoms with Crippen molar-refractivity contribution in [1.82, 2.24) is 0 Å². The van der Waals surface area contributed by atoms with Crippen molar-refractivity contribution in [3.8, 4) is 5.75 Å². The second kappa shape index (κ2) is 6.52. The van der Waals surface area contributed by atoms with Crippen LogP contribution in [0.5, 0.6) is 5.75 Å². The second-order valence-electron chi connectivity index (χ2n) is 5.52. The number of methoxy groups -OCH3 is 1. The number of rotatable bonds is 3. The minimum Gasteiger partial charge on any atom is -0.497 e. The molecule has 0 spiro atoms. The minimum atomic E-state index is 0.378. The monoisotopic (exact) mass is 345 g/mol. The van der Waals surface area contributed by atoms with Gasteiger partial charge in [0.1, 0.15) is 5.75 Å². The van der Waals surface area contributed by atoms with E-state index in [1.54, 1.807) is 7.11 Å². The molecule has 0 amide bonds. The quantitative estimate of drug-likeness (QED) is 0.758. The van der Waals surface area contributed by atoms with Gasteiger partial charge < -0.3 is 10.1 Å². The van der Waals surface area contributed by atoms with Gasteiger partial charge in [-0.2, -0.15) is 0 Å². The normalized spacial score (nSPS) is 17.7. The Balaban J connectivity index is 1.89. The topological polar surface area (TPSA) is 21.3 Å². The number of ether oxygens (including phenoxy) is 1. The zero-order chi connectivity index (χ0) is 14.7. The zero-order valence-corrected chi connectivity index (χ0v) is 13.8. The zero-order valence-electron chi connectivity index (χ0n) is 12.2. The number of nitrogens with one attached hydrogen (secondary N) is 1. The highest BCUT2D eigenvalue weighted by Crippen LogP contribution is 2.33. The van der Waals surface area contributed by atoms with Gasteiger partial charge in [-0.25, -0.2) is 0 Å². The Morgan fingerprint density at radius 3 is 2.86 bits per heavy atom. The summed E-state index contributed by atoms with van der Waals surface area (Å²) < 4.78 is 6.38. The molecule has 110 valence electrons. The Morgan fingerprint density at radius 1 is 1.14 bits per heavy atom. The summed E-state index contributed by atoms with van der Waals surface area (Å²) in [7, 11) is 1.70. The summed E-state index contributed by atoms with van der Waals surface area (Å²) in [5.41, 5.74) is 4.02. The number of halogens is 1. The van der Waals surface area contributed by atoms with Gasteiger partial charge in [0.05, 0.1) is 13.2 Å². The average Bonchev–Trinajstić information content (AvgIpc) is 2.69. The van der Waals surface area contributed by atoms with Crippen LogP contribution in [0.1, 0.15) is 36.4 Å². The van der Waals surface area contributed by atoms with Gasteiger partial charge in [0.15, 0.2) is 0 Å². The van der Waals surface area contributed by atoms with E-state index in [0.717, 1.165) is 15.9 Å². The summed E-state index contributed by atoms with van der Waals surface area (Å²) in [5.74, 6) is 0.869. The van der Waals surface area contributed by atoms with Crippen molar-refractivity contribution in [3.63, 3.8) is 0 Å². The largest absolute Gasteiger partial charge is 0.497 e. The molecule has 21 heavy (non-hydrogen) atoms. The van der Waals surface area contributed by atoms with Gasteiger partial charge in [0.25, 0.3) is 0 Å². The van der Waals surface area contributed by atoms with Crippen LogP contribution in [0.3, 0.4) is 0 Å². The van der Waals surface area contributed by atoms with E-state index < -0.39 is 0 Å². The number of fused-ring (bicyclic) bond motifs is 1. The van der Waals surface area contributed by atoms with Crippen molar-refractivity contribution in [2.24, 2.45) is 0 Å². The molecule has 2 aromatic carbocycles. The van der Waals surface area contributed by atoms with Gasteiger partial charge in [-0.3, -0.25) is 0 Å². The lowest BCUT2D eigenvalue weighted by molar-refractivity contribution is 0.414. The smallest absolute Gasteiger partial charge is 0.122 e. The molecule has 2 nitrogen and oxygen atoms in total. The van der Waals surface area contributed by atoms with Gasteiger partial charge in [-0.15, -0.1) is 0 Å². The third kappa shape index (κ3) is 3.41. The number of anilines is 1. The van der Waals surface area contributed by atoms with Crippen molar-refractivity contribution >= 4 is 21.6 Å². The van der Waals surface area contributed by atoms with Gasteiger partial charge in [0.2, 0.25) is 0 Å². The van der Waals surface area contributed by atoms with Crippen LogP contribution in [0.25, 0.3) is 0 Å². The van der Waals surface area contributed by atoms with E-state index in [1.807, 2.05) is 6.07 Å². The third-order valence-electron chi connectivity index (χ3n) is 4.07. The van der Waals surface area contributed by atoms with Crippen LogP contribution in [0.15, 0.2) is 46.9 Å². The van der Waals surface area contributed by atoms with E-state index in [4.69, 9.17) is 4.74 Å². The first-order chi connectivity index (χ1) is 10.3. The predicted octanol–water partition coefficient (Wildman–Crippen LogP) is 5.34. The third-order valence-corrected chi connectivity index (χ3v) is 4.53. The summed E-state index contributed by atoms with van der Waals surface area (Å²) in [6.07, 6.45) is 4.90. The van der Waals surface area contributed by atoms with E-state index >= 15 is 0 Å². The molecule has 0 radical (unpaired) electrons. The minimum absolute atomic E-state index is 0.378. The Hall–Kier alpha value is -1.48. The maximum absolute atomic E-state index is 5.35. The van der Waals surface area contributed by atoms with Crippen LogP contribution in [0, 0.1) is 0 Å². The van der Waals surface area contributed by atoms with Crippen molar-refractivity contribution in [2.45, 2.75) is 31.7 Å². The molecule has 1 atom stereocenters. The molecular formula is C18H20BrNO. The Bertz CT molecular complexity index is 626. The van der Waals surface area contributed by atoms with Gasteiger partial charge in [-0.1, -0.05) is 46.6 Å². The van der Waals surface area contributed by atoms with Gasteiger partial charge in [-0.05, 0) is 42.5 Å². The summed E-state index contributed by atoms with van der Waals surface area (Å²) >= 11 is 3.55. The molecule has 0 saturated heterocycles. The first-order valence-electron chi connectivity index (χ1n) is 7.45. The molecule has 0 aliphatic heterocycles. The van der Waals surface area contributed by atoms with E-state index in [1.165, 1.54) is 36.8 Å². The molecule has 0 fully saturated rings.